The Hall–Kier alpha value is -3.42. The molecule has 2 aromatic carbocycles. The van der Waals surface area contributed by atoms with Gasteiger partial charge in [0.05, 0.1) is 5.69 Å². The molecule has 0 heterocycles. The third kappa shape index (κ3) is 2.95. The minimum Gasteiger partial charge on any atom is -0.211 e. The summed E-state index contributed by atoms with van der Waals surface area (Å²) in [6, 6.07) is 11.6. The molecule has 0 radical (unpaired) electrons. The molecule has 0 atom stereocenters. The maximum atomic E-state index is 10.6. The largest absolute Gasteiger partial charge is 0.240 e. The molecule has 0 aliphatic rings. The van der Waals surface area contributed by atoms with Crippen molar-refractivity contribution in [1.82, 2.24) is 0 Å². The van der Waals surface area contributed by atoms with Crippen molar-refractivity contribution in [1.29, 1.82) is 0 Å². The van der Waals surface area contributed by atoms with Gasteiger partial charge in [-0.3, -0.25) is 0 Å². The second kappa shape index (κ2) is 6.66. The van der Waals surface area contributed by atoms with Crippen LogP contribution in [0, 0.1) is 0 Å². The predicted octanol–water partition coefficient (Wildman–Crippen LogP) is 3.26. The highest BCUT2D eigenvalue weighted by atomic mass is 16.1. The van der Waals surface area contributed by atoms with E-state index in [1.54, 1.807) is 36.4 Å². The molecular weight excluding hydrogens is 270 g/mol. The van der Waals surface area contributed by atoms with E-state index >= 15 is 0 Å². The topological polar surface area (TPSA) is 88.3 Å². The van der Waals surface area contributed by atoms with Crippen LogP contribution in [0.15, 0.2) is 57.4 Å². The Morgan fingerprint density at radius 2 is 1.19 bits per heavy atom. The van der Waals surface area contributed by atoms with E-state index < -0.39 is 0 Å². The summed E-state index contributed by atoms with van der Waals surface area (Å²) in [4.78, 5) is 42.2. The average Bonchev–Trinajstić information content (AvgIpc) is 2.50. The Kier molecular flexibility index (Phi) is 4.44. The molecule has 0 aliphatic heterocycles. The molecule has 0 aliphatic carbocycles. The first-order valence-corrected chi connectivity index (χ1v) is 5.78. The van der Waals surface area contributed by atoms with Crippen molar-refractivity contribution in [2.45, 2.75) is 0 Å². The van der Waals surface area contributed by atoms with Crippen LogP contribution in [0.3, 0.4) is 0 Å². The summed E-state index contributed by atoms with van der Waals surface area (Å²) in [5, 5.41) is 0. The van der Waals surface area contributed by atoms with Crippen molar-refractivity contribution in [3.05, 3.63) is 42.5 Å². The second-order valence-corrected chi connectivity index (χ2v) is 3.80. The van der Waals surface area contributed by atoms with Crippen molar-refractivity contribution in [2.24, 2.45) is 15.0 Å². The van der Waals surface area contributed by atoms with Crippen molar-refractivity contribution < 1.29 is 14.4 Å². The lowest BCUT2D eigenvalue weighted by molar-refractivity contribution is 0.564. The van der Waals surface area contributed by atoms with Gasteiger partial charge in [0.2, 0.25) is 18.2 Å². The van der Waals surface area contributed by atoms with E-state index in [0.29, 0.717) is 16.8 Å². The number of carbonyl (C=O) groups excluding carboxylic acids is 3. The molecule has 6 nitrogen and oxygen atoms in total. The van der Waals surface area contributed by atoms with Gasteiger partial charge < -0.3 is 0 Å². The van der Waals surface area contributed by atoms with Gasteiger partial charge in [0.15, 0.2) is 0 Å². The Bertz CT molecular complexity index is 826. The standard InChI is InChI=1S/C15H7N3O3/c19-8-16-13-6-2-1-4-11(13)12-5-3-7-14(17-9-20)15(12)18-10-21/h1-7H. The minimum atomic E-state index is 0.157. The van der Waals surface area contributed by atoms with Gasteiger partial charge in [0.1, 0.15) is 11.4 Å². The Morgan fingerprint density at radius 1 is 0.619 bits per heavy atom. The zero-order chi connectivity index (χ0) is 15.1. The van der Waals surface area contributed by atoms with Crippen LogP contribution in [0.5, 0.6) is 0 Å². The number of hydrogen-bond donors (Lipinski definition) is 0. The normalized spacial score (nSPS) is 8.95. The maximum absolute atomic E-state index is 10.6. The molecule has 0 amide bonds. The van der Waals surface area contributed by atoms with Crippen LogP contribution in [0.1, 0.15) is 0 Å². The van der Waals surface area contributed by atoms with E-state index in [4.69, 9.17) is 0 Å². The highest BCUT2D eigenvalue weighted by Crippen LogP contribution is 2.41. The van der Waals surface area contributed by atoms with Gasteiger partial charge in [-0.25, -0.2) is 14.4 Å². The summed E-state index contributed by atoms with van der Waals surface area (Å²) in [5.74, 6) is 0. The van der Waals surface area contributed by atoms with Crippen LogP contribution >= 0.6 is 0 Å². The quantitative estimate of drug-likeness (QED) is 0.634. The van der Waals surface area contributed by atoms with Gasteiger partial charge >= 0.3 is 0 Å². The second-order valence-electron chi connectivity index (χ2n) is 3.80. The Labute approximate surface area is 119 Å². The SMILES string of the molecule is O=C=Nc1ccccc1-c1cccc(N=C=O)c1N=C=O. The van der Waals surface area contributed by atoms with Crippen LogP contribution in [-0.4, -0.2) is 18.2 Å². The maximum Gasteiger partial charge on any atom is 0.240 e. The molecule has 0 bridgehead atoms. The van der Waals surface area contributed by atoms with Crippen LogP contribution in [-0.2, 0) is 14.4 Å². The lowest BCUT2D eigenvalue weighted by atomic mass is 10.0. The van der Waals surface area contributed by atoms with Crippen molar-refractivity contribution >= 4 is 35.3 Å². The molecule has 6 heteroatoms. The molecule has 2 rings (SSSR count). The molecule has 0 saturated carbocycles. The number of nitrogens with zero attached hydrogens (tertiary/aromatic N) is 3. The van der Waals surface area contributed by atoms with E-state index in [1.165, 1.54) is 24.3 Å². The zero-order valence-electron chi connectivity index (χ0n) is 10.6. The van der Waals surface area contributed by atoms with Gasteiger partial charge in [-0.1, -0.05) is 30.3 Å². The summed E-state index contributed by atoms with van der Waals surface area (Å²) in [7, 11) is 0. The third-order valence-electron chi connectivity index (χ3n) is 2.70. The van der Waals surface area contributed by atoms with E-state index in [0.717, 1.165) is 0 Å². The number of hydrogen-bond acceptors (Lipinski definition) is 6. The lowest BCUT2D eigenvalue weighted by Gasteiger charge is -2.08. The first-order valence-electron chi connectivity index (χ1n) is 5.78. The summed E-state index contributed by atoms with van der Waals surface area (Å²) in [6.45, 7) is 0. The van der Waals surface area contributed by atoms with Crippen molar-refractivity contribution in [2.75, 3.05) is 0 Å². The Morgan fingerprint density at radius 3 is 1.90 bits per heavy atom. The van der Waals surface area contributed by atoms with E-state index in [2.05, 4.69) is 15.0 Å². The summed E-state index contributed by atoms with van der Waals surface area (Å²) >= 11 is 0. The van der Waals surface area contributed by atoms with E-state index in [-0.39, 0.29) is 11.4 Å². The number of aliphatic imine (C=N–C) groups is 3. The predicted molar refractivity (Wildman–Crippen MR) is 75.2 cm³/mol. The summed E-state index contributed by atoms with van der Waals surface area (Å²) in [5.41, 5.74) is 1.74. The van der Waals surface area contributed by atoms with Gasteiger partial charge in [-0.2, -0.15) is 15.0 Å². The number of isocyanates is 3. The molecule has 0 unspecified atom stereocenters. The molecule has 21 heavy (non-hydrogen) atoms. The molecule has 0 saturated heterocycles. The molecule has 0 N–H and O–H groups in total. The first-order chi connectivity index (χ1) is 10.3. The van der Waals surface area contributed by atoms with Crippen LogP contribution in [0.2, 0.25) is 0 Å². The highest BCUT2D eigenvalue weighted by Gasteiger charge is 2.12. The molecule has 2 aromatic rings. The average molecular weight is 277 g/mol. The zero-order valence-corrected chi connectivity index (χ0v) is 10.6. The van der Waals surface area contributed by atoms with Crippen molar-refractivity contribution in [3.63, 3.8) is 0 Å². The fourth-order valence-corrected chi connectivity index (χ4v) is 1.90. The summed E-state index contributed by atoms with van der Waals surface area (Å²) < 4.78 is 0. The monoisotopic (exact) mass is 277 g/mol. The number of para-hydroxylation sites is 2. The number of rotatable bonds is 4. The molecular formula is C15H7N3O3. The van der Waals surface area contributed by atoms with Gasteiger partial charge in [0.25, 0.3) is 0 Å². The molecule has 0 fully saturated rings. The molecule has 0 aromatic heterocycles. The van der Waals surface area contributed by atoms with Gasteiger partial charge in [0, 0.05) is 11.1 Å². The molecule has 100 valence electrons. The lowest BCUT2D eigenvalue weighted by Crippen LogP contribution is -1.81. The minimum absolute atomic E-state index is 0.157. The fourth-order valence-electron chi connectivity index (χ4n) is 1.90. The third-order valence-corrected chi connectivity index (χ3v) is 2.70. The van der Waals surface area contributed by atoms with Gasteiger partial charge in [-0.15, -0.1) is 0 Å². The smallest absolute Gasteiger partial charge is 0.211 e. The van der Waals surface area contributed by atoms with E-state index in [9.17, 15) is 14.4 Å². The van der Waals surface area contributed by atoms with Crippen molar-refractivity contribution in [3.8, 4) is 11.1 Å². The summed E-state index contributed by atoms with van der Waals surface area (Å²) in [6.07, 6.45) is 4.29. The van der Waals surface area contributed by atoms with Crippen LogP contribution in [0.25, 0.3) is 11.1 Å². The van der Waals surface area contributed by atoms with Crippen LogP contribution < -0.4 is 0 Å². The van der Waals surface area contributed by atoms with Crippen LogP contribution in [0.4, 0.5) is 17.1 Å². The highest BCUT2D eigenvalue weighted by molar-refractivity contribution is 5.90. The van der Waals surface area contributed by atoms with E-state index in [1.807, 2.05) is 0 Å². The Balaban J connectivity index is 2.81. The van der Waals surface area contributed by atoms with Gasteiger partial charge in [-0.05, 0) is 12.1 Å². The fraction of sp³-hybridized carbons (Fsp3) is 0. The number of benzene rings is 2. The molecule has 0 spiro atoms. The first kappa shape index (κ1) is 14.0.